The summed E-state index contributed by atoms with van der Waals surface area (Å²) in [5, 5.41) is 13.2. The highest BCUT2D eigenvalue weighted by molar-refractivity contribution is 5.54. The lowest BCUT2D eigenvalue weighted by molar-refractivity contribution is 0.0682. The first-order valence-corrected chi connectivity index (χ1v) is 6.39. The molecule has 100 valence electrons. The van der Waals surface area contributed by atoms with Crippen LogP contribution in [-0.2, 0) is 4.74 Å². The van der Waals surface area contributed by atoms with E-state index in [0.717, 1.165) is 31.4 Å². The van der Waals surface area contributed by atoms with E-state index in [0.29, 0.717) is 17.9 Å². The van der Waals surface area contributed by atoms with E-state index in [4.69, 9.17) is 9.47 Å². The van der Waals surface area contributed by atoms with E-state index in [9.17, 15) is 5.11 Å². The molecule has 4 nitrogen and oxygen atoms in total. The predicted molar refractivity (Wildman–Crippen MR) is 71.3 cm³/mol. The number of ether oxygens (including phenoxy) is 2. The molecule has 1 aliphatic carbocycles. The molecule has 0 aromatic heterocycles. The van der Waals surface area contributed by atoms with E-state index in [1.54, 1.807) is 26.4 Å². The van der Waals surface area contributed by atoms with E-state index < -0.39 is 0 Å². The van der Waals surface area contributed by atoms with Crippen LogP contribution in [0.1, 0.15) is 25.7 Å². The average molecular weight is 251 g/mol. The van der Waals surface area contributed by atoms with Crippen molar-refractivity contribution in [3.05, 3.63) is 18.2 Å². The maximum Gasteiger partial charge on any atom is 0.160 e. The number of methoxy groups -OCH3 is 2. The Hall–Kier alpha value is -1.42. The lowest BCUT2D eigenvalue weighted by Gasteiger charge is -2.29. The second-order valence-corrected chi connectivity index (χ2v) is 4.74. The standard InChI is InChI=1S/C14H21NO3/c1-17-12-6-3-10(4-7-12)15-11-5-8-14(18-2)13(16)9-11/h5,8-10,12,15-16H,3-4,6-7H2,1-2H3. The monoisotopic (exact) mass is 251 g/mol. The molecular weight excluding hydrogens is 230 g/mol. The fourth-order valence-corrected chi connectivity index (χ4v) is 2.46. The first-order chi connectivity index (χ1) is 8.72. The zero-order valence-electron chi connectivity index (χ0n) is 11.0. The van der Waals surface area contributed by atoms with Crippen molar-refractivity contribution in [2.24, 2.45) is 0 Å². The first-order valence-electron chi connectivity index (χ1n) is 6.39. The molecular formula is C14H21NO3. The van der Waals surface area contributed by atoms with Crippen molar-refractivity contribution in [3.8, 4) is 11.5 Å². The van der Waals surface area contributed by atoms with Gasteiger partial charge in [0.1, 0.15) is 0 Å². The molecule has 0 unspecified atom stereocenters. The molecule has 18 heavy (non-hydrogen) atoms. The zero-order valence-corrected chi connectivity index (χ0v) is 11.0. The Morgan fingerprint density at radius 1 is 1.17 bits per heavy atom. The van der Waals surface area contributed by atoms with Gasteiger partial charge in [-0.1, -0.05) is 0 Å². The number of hydrogen-bond acceptors (Lipinski definition) is 4. The maximum atomic E-state index is 9.72. The second-order valence-electron chi connectivity index (χ2n) is 4.74. The van der Waals surface area contributed by atoms with Crippen molar-refractivity contribution < 1.29 is 14.6 Å². The Kier molecular flexibility index (Phi) is 4.31. The summed E-state index contributed by atoms with van der Waals surface area (Å²) in [6.07, 6.45) is 4.80. The van der Waals surface area contributed by atoms with Crippen LogP contribution in [0.25, 0.3) is 0 Å². The molecule has 4 heteroatoms. The van der Waals surface area contributed by atoms with E-state index in [1.165, 1.54) is 0 Å². The van der Waals surface area contributed by atoms with Crippen molar-refractivity contribution in [3.63, 3.8) is 0 Å². The summed E-state index contributed by atoms with van der Waals surface area (Å²) in [4.78, 5) is 0. The zero-order chi connectivity index (χ0) is 13.0. The highest BCUT2D eigenvalue weighted by atomic mass is 16.5. The molecule has 1 aliphatic rings. The molecule has 1 saturated carbocycles. The Morgan fingerprint density at radius 2 is 1.89 bits per heavy atom. The van der Waals surface area contributed by atoms with Gasteiger partial charge in [0.05, 0.1) is 13.2 Å². The normalized spacial score (nSPS) is 23.7. The van der Waals surface area contributed by atoms with Crippen molar-refractivity contribution in [2.45, 2.75) is 37.8 Å². The summed E-state index contributed by atoms with van der Waals surface area (Å²) in [6, 6.07) is 5.88. The van der Waals surface area contributed by atoms with Crippen LogP contribution in [0.4, 0.5) is 5.69 Å². The third-order valence-corrected chi connectivity index (χ3v) is 3.56. The van der Waals surface area contributed by atoms with E-state index in [2.05, 4.69) is 5.32 Å². The van der Waals surface area contributed by atoms with Gasteiger partial charge in [0.2, 0.25) is 0 Å². The summed E-state index contributed by atoms with van der Waals surface area (Å²) < 4.78 is 10.4. The van der Waals surface area contributed by atoms with Crippen molar-refractivity contribution in [1.82, 2.24) is 0 Å². The number of nitrogens with one attached hydrogen (secondary N) is 1. The minimum Gasteiger partial charge on any atom is -0.504 e. The van der Waals surface area contributed by atoms with Crippen LogP contribution >= 0.6 is 0 Å². The highest BCUT2D eigenvalue weighted by Crippen LogP contribution is 2.30. The predicted octanol–water partition coefficient (Wildman–Crippen LogP) is 2.77. The SMILES string of the molecule is COc1ccc(NC2CCC(OC)CC2)cc1O. The van der Waals surface area contributed by atoms with Gasteiger partial charge in [-0.25, -0.2) is 0 Å². The minimum atomic E-state index is 0.174. The van der Waals surface area contributed by atoms with Crippen molar-refractivity contribution in [2.75, 3.05) is 19.5 Å². The number of rotatable bonds is 4. The fraction of sp³-hybridized carbons (Fsp3) is 0.571. The summed E-state index contributed by atoms with van der Waals surface area (Å²) in [5.41, 5.74) is 0.939. The molecule has 0 amide bonds. The van der Waals surface area contributed by atoms with Gasteiger partial charge in [-0.15, -0.1) is 0 Å². The Labute approximate surface area is 108 Å². The molecule has 1 aromatic carbocycles. The van der Waals surface area contributed by atoms with Gasteiger partial charge in [-0.05, 0) is 37.8 Å². The van der Waals surface area contributed by atoms with E-state index in [1.807, 2.05) is 6.07 Å². The first kappa shape index (κ1) is 13.0. The van der Waals surface area contributed by atoms with Gasteiger partial charge in [-0.2, -0.15) is 0 Å². The molecule has 0 atom stereocenters. The lowest BCUT2D eigenvalue weighted by atomic mass is 9.93. The Bertz CT molecular complexity index is 387. The van der Waals surface area contributed by atoms with E-state index in [-0.39, 0.29) is 5.75 Å². The number of aromatic hydroxyl groups is 1. The summed E-state index contributed by atoms with van der Waals surface area (Å²) >= 11 is 0. The van der Waals surface area contributed by atoms with Crippen LogP contribution in [-0.4, -0.2) is 31.5 Å². The molecule has 0 bridgehead atoms. The largest absolute Gasteiger partial charge is 0.504 e. The van der Waals surface area contributed by atoms with Crippen LogP contribution < -0.4 is 10.1 Å². The highest BCUT2D eigenvalue weighted by Gasteiger charge is 2.20. The van der Waals surface area contributed by atoms with Gasteiger partial charge < -0.3 is 19.9 Å². The molecule has 0 aliphatic heterocycles. The molecule has 0 spiro atoms. The molecule has 1 fully saturated rings. The molecule has 0 radical (unpaired) electrons. The fourth-order valence-electron chi connectivity index (χ4n) is 2.46. The Balaban J connectivity index is 1.92. The van der Waals surface area contributed by atoms with Gasteiger partial charge in [0, 0.05) is 24.9 Å². The quantitative estimate of drug-likeness (QED) is 0.864. The van der Waals surface area contributed by atoms with Crippen LogP contribution in [0.3, 0.4) is 0 Å². The van der Waals surface area contributed by atoms with Gasteiger partial charge in [0.15, 0.2) is 11.5 Å². The topological polar surface area (TPSA) is 50.7 Å². The van der Waals surface area contributed by atoms with Crippen LogP contribution in [0.15, 0.2) is 18.2 Å². The number of phenols is 1. The van der Waals surface area contributed by atoms with Crippen molar-refractivity contribution >= 4 is 5.69 Å². The summed E-state index contributed by atoms with van der Waals surface area (Å²) in [5.74, 6) is 0.678. The molecule has 0 saturated heterocycles. The summed E-state index contributed by atoms with van der Waals surface area (Å²) in [6.45, 7) is 0. The number of benzene rings is 1. The maximum absolute atomic E-state index is 9.72. The molecule has 1 aromatic rings. The van der Waals surface area contributed by atoms with Crippen LogP contribution in [0.5, 0.6) is 11.5 Å². The van der Waals surface area contributed by atoms with Crippen LogP contribution in [0, 0.1) is 0 Å². The third-order valence-electron chi connectivity index (χ3n) is 3.56. The average Bonchev–Trinajstić information content (AvgIpc) is 2.40. The van der Waals surface area contributed by atoms with Gasteiger partial charge >= 0.3 is 0 Å². The molecule has 2 rings (SSSR count). The molecule has 2 N–H and O–H groups in total. The van der Waals surface area contributed by atoms with Crippen LogP contribution in [0.2, 0.25) is 0 Å². The third kappa shape index (κ3) is 3.07. The molecule has 0 heterocycles. The lowest BCUT2D eigenvalue weighted by Crippen LogP contribution is -2.29. The number of phenolic OH excluding ortho intramolecular Hbond substituents is 1. The number of anilines is 1. The van der Waals surface area contributed by atoms with Gasteiger partial charge in [-0.3, -0.25) is 0 Å². The summed E-state index contributed by atoms with van der Waals surface area (Å²) in [7, 11) is 3.33. The Morgan fingerprint density at radius 3 is 2.44 bits per heavy atom. The van der Waals surface area contributed by atoms with Crippen molar-refractivity contribution in [1.29, 1.82) is 0 Å². The van der Waals surface area contributed by atoms with Gasteiger partial charge in [0.25, 0.3) is 0 Å². The minimum absolute atomic E-state index is 0.174. The number of hydrogen-bond donors (Lipinski definition) is 2. The second kappa shape index (κ2) is 5.96. The smallest absolute Gasteiger partial charge is 0.160 e. The van der Waals surface area contributed by atoms with E-state index >= 15 is 0 Å².